The van der Waals surface area contributed by atoms with E-state index in [9.17, 15) is 0 Å². The lowest BCUT2D eigenvalue weighted by molar-refractivity contribution is 0.320. The van der Waals surface area contributed by atoms with Crippen molar-refractivity contribution in [3.05, 3.63) is 44.9 Å². The number of aromatic amines is 1. The molecule has 0 amide bonds. The lowest BCUT2D eigenvalue weighted by Crippen LogP contribution is -1.98. The van der Waals surface area contributed by atoms with Gasteiger partial charge in [-0.05, 0) is 49.8 Å². The average molecular weight is 318 g/mol. The second kappa shape index (κ2) is 6.03. The fraction of sp³-hybridized carbons (Fsp3) is 0.312. The average Bonchev–Trinajstić information content (AvgIpc) is 3.02. The molecule has 0 saturated heterocycles. The molecule has 21 heavy (non-hydrogen) atoms. The van der Waals surface area contributed by atoms with E-state index in [1.54, 1.807) is 0 Å². The van der Waals surface area contributed by atoms with Gasteiger partial charge in [-0.1, -0.05) is 13.0 Å². The number of aromatic nitrogens is 2. The van der Waals surface area contributed by atoms with Crippen LogP contribution in [0.3, 0.4) is 0 Å². The topological polar surface area (TPSA) is 29.9 Å². The molecule has 3 aromatic rings. The van der Waals surface area contributed by atoms with E-state index < -0.39 is 0 Å². The highest BCUT2D eigenvalue weighted by molar-refractivity contribution is 7.71. The van der Waals surface area contributed by atoms with E-state index >= 15 is 0 Å². The lowest BCUT2D eigenvalue weighted by atomic mass is 10.3. The van der Waals surface area contributed by atoms with Crippen molar-refractivity contribution in [3.63, 3.8) is 0 Å². The van der Waals surface area contributed by atoms with Crippen LogP contribution in [0.4, 0.5) is 0 Å². The number of hydrogen-bond acceptors (Lipinski definition) is 3. The third-order valence-corrected chi connectivity index (χ3v) is 4.65. The Labute approximate surface area is 133 Å². The predicted molar refractivity (Wildman–Crippen MR) is 91.1 cm³/mol. The number of nitrogens with one attached hydrogen (secondary N) is 1. The maximum absolute atomic E-state index is 5.80. The molecule has 2 heterocycles. The molecule has 0 aliphatic carbocycles. The summed E-state index contributed by atoms with van der Waals surface area (Å²) in [7, 11) is 0. The van der Waals surface area contributed by atoms with Crippen LogP contribution in [-0.4, -0.2) is 16.2 Å². The number of nitrogens with zero attached hydrogens (tertiary/aromatic N) is 1. The Hall–Kier alpha value is -1.59. The minimum absolute atomic E-state index is 0.717. The zero-order valence-corrected chi connectivity index (χ0v) is 13.8. The van der Waals surface area contributed by atoms with Crippen LogP contribution in [0, 0.1) is 11.7 Å². The zero-order chi connectivity index (χ0) is 14.8. The van der Waals surface area contributed by atoms with Crippen molar-refractivity contribution in [2.75, 3.05) is 6.61 Å². The van der Waals surface area contributed by atoms with Crippen LogP contribution in [0.5, 0.6) is 5.75 Å². The summed E-state index contributed by atoms with van der Waals surface area (Å²) in [5.74, 6) is 0.876. The minimum atomic E-state index is 0.717. The SMILES string of the molecule is CCCOc1cccc2c1[nH]c(=S)n2Cc1ccc(C)s1. The Morgan fingerprint density at radius 2 is 2.14 bits per heavy atom. The van der Waals surface area contributed by atoms with Crippen LogP contribution in [0.1, 0.15) is 23.1 Å². The van der Waals surface area contributed by atoms with Crippen molar-refractivity contribution in [1.29, 1.82) is 0 Å². The monoisotopic (exact) mass is 318 g/mol. The van der Waals surface area contributed by atoms with Crippen LogP contribution >= 0.6 is 23.6 Å². The zero-order valence-electron chi connectivity index (χ0n) is 12.2. The number of para-hydroxylation sites is 1. The van der Waals surface area contributed by atoms with Gasteiger partial charge in [0.1, 0.15) is 11.3 Å². The van der Waals surface area contributed by atoms with Crippen molar-refractivity contribution >= 4 is 34.6 Å². The Bertz CT molecular complexity index is 813. The van der Waals surface area contributed by atoms with Crippen molar-refractivity contribution in [1.82, 2.24) is 9.55 Å². The summed E-state index contributed by atoms with van der Waals surface area (Å²) < 4.78 is 8.68. The summed E-state index contributed by atoms with van der Waals surface area (Å²) in [6, 6.07) is 10.4. The molecule has 0 fully saturated rings. The van der Waals surface area contributed by atoms with E-state index in [1.165, 1.54) is 9.75 Å². The summed E-state index contributed by atoms with van der Waals surface area (Å²) in [5.41, 5.74) is 2.09. The second-order valence-electron chi connectivity index (χ2n) is 5.03. The van der Waals surface area contributed by atoms with Crippen molar-refractivity contribution in [2.24, 2.45) is 0 Å². The third kappa shape index (κ3) is 2.89. The fourth-order valence-corrected chi connectivity index (χ4v) is 3.51. The van der Waals surface area contributed by atoms with E-state index in [0.717, 1.165) is 41.1 Å². The fourth-order valence-electron chi connectivity index (χ4n) is 2.37. The summed E-state index contributed by atoms with van der Waals surface area (Å²) in [4.78, 5) is 5.92. The van der Waals surface area contributed by atoms with E-state index in [-0.39, 0.29) is 0 Å². The van der Waals surface area contributed by atoms with Gasteiger partial charge in [0.2, 0.25) is 0 Å². The Kier molecular flexibility index (Phi) is 4.12. The lowest BCUT2D eigenvalue weighted by Gasteiger charge is -2.06. The largest absolute Gasteiger partial charge is 0.491 e. The molecular weight excluding hydrogens is 300 g/mol. The van der Waals surface area contributed by atoms with Gasteiger partial charge < -0.3 is 14.3 Å². The number of thiophene rings is 1. The number of imidazole rings is 1. The first-order valence-electron chi connectivity index (χ1n) is 7.08. The summed E-state index contributed by atoms with van der Waals surface area (Å²) in [5, 5.41) is 0. The van der Waals surface area contributed by atoms with Gasteiger partial charge in [0.05, 0.1) is 18.7 Å². The Balaban J connectivity index is 2.03. The van der Waals surface area contributed by atoms with Gasteiger partial charge in [-0.2, -0.15) is 0 Å². The van der Waals surface area contributed by atoms with Crippen LogP contribution in [0.25, 0.3) is 11.0 Å². The van der Waals surface area contributed by atoms with Crippen LogP contribution in [0.15, 0.2) is 30.3 Å². The molecule has 110 valence electrons. The quantitative estimate of drug-likeness (QED) is 0.678. The number of fused-ring (bicyclic) bond motifs is 1. The highest BCUT2D eigenvalue weighted by atomic mass is 32.1. The molecule has 1 aromatic carbocycles. The van der Waals surface area contributed by atoms with Crippen molar-refractivity contribution in [2.45, 2.75) is 26.8 Å². The highest BCUT2D eigenvalue weighted by Crippen LogP contribution is 2.26. The van der Waals surface area contributed by atoms with Gasteiger partial charge in [-0.3, -0.25) is 0 Å². The van der Waals surface area contributed by atoms with E-state index in [4.69, 9.17) is 17.0 Å². The standard InChI is InChI=1S/C16H18N2OS2/c1-3-9-19-14-6-4-5-13-15(14)17-16(20)18(13)10-12-8-7-11(2)21-12/h4-8H,3,9-10H2,1-2H3,(H,17,20). The maximum Gasteiger partial charge on any atom is 0.178 e. The molecule has 0 radical (unpaired) electrons. The number of rotatable bonds is 5. The first-order valence-corrected chi connectivity index (χ1v) is 8.31. The summed E-state index contributed by atoms with van der Waals surface area (Å²) >= 11 is 7.30. The van der Waals surface area contributed by atoms with Gasteiger partial charge in [0, 0.05) is 9.75 Å². The Morgan fingerprint density at radius 1 is 1.29 bits per heavy atom. The molecule has 0 bridgehead atoms. The van der Waals surface area contributed by atoms with E-state index in [0.29, 0.717) is 0 Å². The summed E-state index contributed by atoms with van der Waals surface area (Å²) in [6.07, 6.45) is 0.992. The smallest absolute Gasteiger partial charge is 0.178 e. The molecule has 0 saturated carbocycles. The molecule has 5 heteroatoms. The van der Waals surface area contributed by atoms with E-state index in [2.05, 4.69) is 41.6 Å². The van der Waals surface area contributed by atoms with Crippen LogP contribution < -0.4 is 4.74 Å². The molecule has 0 spiro atoms. The first-order chi connectivity index (χ1) is 10.2. The number of aryl methyl sites for hydroxylation is 1. The molecule has 0 aliphatic rings. The molecular formula is C16H18N2OS2. The number of hydrogen-bond donors (Lipinski definition) is 1. The molecule has 2 aromatic heterocycles. The highest BCUT2D eigenvalue weighted by Gasteiger charge is 2.10. The molecule has 0 atom stereocenters. The molecule has 1 N–H and O–H groups in total. The maximum atomic E-state index is 5.80. The molecule has 3 nitrogen and oxygen atoms in total. The van der Waals surface area contributed by atoms with Crippen molar-refractivity contribution in [3.8, 4) is 5.75 Å². The molecule has 0 unspecified atom stereocenters. The normalized spacial score (nSPS) is 11.1. The van der Waals surface area contributed by atoms with Crippen LogP contribution in [-0.2, 0) is 6.54 Å². The van der Waals surface area contributed by atoms with Gasteiger partial charge in [0.15, 0.2) is 4.77 Å². The van der Waals surface area contributed by atoms with Gasteiger partial charge in [-0.15, -0.1) is 11.3 Å². The third-order valence-electron chi connectivity index (χ3n) is 3.34. The predicted octanol–water partition coefficient (Wildman–Crippen LogP) is 4.91. The first kappa shape index (κ1) is 14.4. The number of ether oxygens (including phenoxy) is 1. The number of benzene rings is 1. The summed E-state index contributed by atoms with van der Waals surface area (Å²) in [6.45, 7) is 5.75. The van der Waals surface area contributed by atoms with E-state index in [1.807, 2.05) is 23.5 Å². The van der Waals surface area contributed by atoms with Gasteiger partial charge in [-0.25, -0.2) is 0 Å². The molecule has 3 rings (SSSR count). The second-order valence-corrected chi connectivity index (χ2v) is 6.79. The Morgan fingerprint density at radius 3 is 2.86 bits per heavy atom. The van der Waals surface area contributed by atoms with Gasteiger partial charge >= 0.3 is 0 Å². The minimum Gasteiger partial charge on any atom is -0.491 e. The number of H-pyrrole nitrogens is 1. The van der Waals surface area contributed by atoms with Gasteiger partial charge in [0.25, 0.3) is 0 Å². The molecule has 0 aliphatic heterocycles. The van der Waals surface area contributed by atoms with Crippen molar-refractivity contribution < 1.29 is 4.74 Å². The van der Waals surface area contributed by atoms with Crippen LogP contribution in [0.2, 0.25) is 0 Å².